The third-order valence-corrected chi connectivity index (χ3v) is 7.76. The summed E-state index contributed by atoms with van der Waals surface area (Å²) in [6, 6.07) is 18.4. The summed E-state index contributed by atoms with van der Waals surface area (Å²) >= 11 is 1.33. The number of piperazine rings is 1. The van der Waals surface area contributed by atoms with Gasteiger partial charge in [0.15, 0.2) is 0 Å². The maximum Gasteiger partial charge on any atom is 0.260 e. The number of anilines is 1. The summed E-state index contributed by atoms with van der Waals surface area (Å²) in [5.41, 5.74) is 11.4. The van der Waals surface area contributed by atoms with E-state index in [2.05, 4.69) is 50.1 Å². The second-order valence-electron chi connectivity index (χ2n) is 9.39. The molecule has 2 aromatic heterocycles. The van der Waals surface area contributed by atoms with E-state index in [1.807, 2.05) is 38.1 Å². The number of amides is 1. The van der Waals surface area contributed by atoms with Crippen LogP contribution in [-0.2, 0) is 6.42 Å². The molecule has 0 bridgehead atoms. The van der Waals surface area contributed by atoms with Gasteiger partial charge >= 0.3 is 0 Å². The number of carbonyl (C=O) groups is 1. The molecule has 1 amide bonds. The molecule has 4 aromatic rings. The number of nitrogens with two attached hydrogens (primary N) is 1. The predicted octanol–water partition coefficient (Wildman–Crippen LogP) is 3.85. The molecule has 1 atom stereocenters. The first-order valence-electron chi connectivity index (χ1n) is 12.2. The van der Waals surface area contributed by atoms with Crippen LogP contribution in [0.15, 0.2) is 54.6 Å². The van der Waals surface area contributed by atoms with Gasteiger partial charge in [-0.25, -0.2) is 4.98 Å². The molecular formula is C28H31N5O2S. The smallest absolute Gasteiger partial charge is 0.260 e. The zero-order valence-corrected chi connectivity index (χ0v) is 21.5. The van der Waals surface area contributed by atoms with E-state index in [4.69, 9.17) is 5.73 Å². The lowest BCUT2D eigenvalue weighted by Gasteiger charge is -2.37. The van der Waals surface area contributed by atoms with Crippen LogP contribution in [0.4, 0.5) is 5.69 Å². The van der Waals surface area contributed by atoms with E-state index in [1.54, 1.807) is 0 Å². The van der Waals surface area contributed by atoms with Crippen molar-refractivity contribution in [3.05, 3.63) is 87.0 Å². The van der Waals surface area contributed by atoms with E-state index in [-0.39, 0.29) is 0 Å². The molecule has 3 N–H and O–H groups in total. The lowest BCUT2D eigenvalue weighted by atomic mass is 10.0. The number of primary amides is 1. The topological polar surface area (TPSA) is 95.6 Å². The van der Waals surface area contributed by atoms with Crippen LogP contribution in [0.1, 0.15) is 43.3 Å². The molecule has 1 unspecified atom stereocenters. The van der Waals surface area contributed by atoms with Crippen molar-refractivity contribution < 1.29 is 9.90 Å². The number of pyridine rings is 1. The van der Waals surface area contributed by atoms with Crippen LogP contribution >= 0.6 is 11.3 Å². The van der Waals surface area contributed by atoms with Gasteiger partial charge in [0.25, 0.3) is 5.91 Å². The van der Waals surface area contributed by atoms with Crippen molar-refractivity contribution >= 4 is 33.8 Å². The highest BCUT2D eigenvalue weighted by Crippen LogP contribution is 2.28. The van der Waals surface area contributed by atoms with Crippen molar-refractivity contribution in [1.29, 1.82) is 0 Å². The molecule has 3 heterocycles. The summed E-state index contributed by atoms with van der Waals surface area (Å²) in [4.78, 5) is 26.1. The predicted molar refractivity (Wildman–Crippen MR) is 145 cm³/mol. The number of fused-ring (bicyclic) bond motifs is 1. The van der Waals surface area contributed by atoms with Gasteiger partial charge in [0, 0.05) is 55.9 Å². The van der Waals surface area contributed by atoms with Crippen molar-refractivity contribution in [2.45, 2.75) is 26.4 Å². The molecule has 186 valence electrons. The maximum absolute atomic E-state index is 11.8. The van der Waals surface area contributed by atoms with Gasteiger partial charge in [0.2, 0.25) is 0 Å². The van der Waals surface area contributed by atoms with E-state index >= 15 is 0 Å². The van der Waals surface area contributed by atoms with Crippen molar-refractivity contribution in [3.63, 3.8) is 0 Å². The molecule has 0 radical (unpaired) electrons. The highest BCUT2D eigenvalue weighted by molar-refractivity contribution is 7.13. The van der Waals surface area contributed by atoms with Gasteiger partial charge in [-0.05, 0) is 49.2 Å². The first-order chi connectivity index (χ1) is 17.4. The Kier molecular flexibility index (Phi) is 7.00. The normalized spacial score (nSPS) is 15.4. The number of aliphatic hydroxyl groups is 1. The highest BCUT2D eigenvalue weighted by atomic mass is 32.1. The number of aryl methyl sites for hydroxylation is 2. The summed E-state index contributed by atoms with van der Waals surface area (Å²) < 4.78 is 0. The lowest BCUT2D eigenvalue weighted by Crippen LogP contribution is -2.47. The van der Waals surface area contributed by atoms with E-state index < -0.39 is 12.0 Å². The molecule has 1 saturated heterocycles. The van der Waals surface area contributed by atoms with E-state index in [0.717, 1.165) is 53.5 Å². The van der Waals surface area contributed by atoms with Gasteiger partial charge in [-0.15, -0.1) is 11.3 Å². The average Bonchev–Trinajstić information content (AvgIpc) is 3.24. The molecule has 8 heteroatoms. The van der Waals surface area contributed by atoms with Crippen LogP contribution in [0.25, 0.3) is 10.9 Å². The van der Waals surface area contributed by atoms with Crippen LogP contribution in [0.3, 0.4) is 0 Å². The molecule has 36 heavy (non-hydrogen) atoms. The second-order valence-corrected chi connectivity index (χ2v) is 10.6. The first kappa shape index (κ1) is 24.4. The van der Waals surface area contributed by atoms with Crippen molar-refractivity contribution in [3.8, 4) is 0 Å². The van der Waals surface area contributed by atoms with Gasteiger partial charge in [0.1, 0.15) is 4.88 Å². The monoisotopic (exact) mass is 501 g/mol. The number of β-amino-alcohol motifs (C(OH)–C–C–N with tert-alkyl or cyclic N) is 1. The maximum atomic E-state index is 11.8. The number of hydrogen-bond acceptors (Lipinski definition) is 7. The number of rotatable bonds is 7. The van der Waals surface area contributed by atoms with E-state index in [0.29, 0.717) is 23.5 Å². The number of nitrogens with zero attached hydrogens (tertiary/aromatic N) is 4. The van der Waals surface area contributed by atoms with Gasteiger partial charge < -0.3 is 15.7 Å². The van der Waals surface area contributed by atoms with Crippen LogP contribution < -0.4 is 10.6 Å². The molecule has 0 saturated carbocycles. The summed E-state index contributed by atoms with van der Waals surface area (Å²) in [5, 5.41) is 13.0. The third-order valence-electron chi connectivity index (χ3n) is 6.73. The molecule has 5 rings (SSSR count). The largest absolute Gasteiger partial charge is 0.387 e. The van der Waals surface area contributed by atoms with Crippen LogP contribution in [0, 0.1) is 13.8 Å². The van der Waals surface area contributed by atoms with Crippen molar-refractivity contribution in [2.24, 2.45) is 5.73 Å². The van der Waals surface area contributed by atoms with E-state index in [9.17, 15) is 9.90 Å². The number of aromatic nitrogens is 2. The fourth-order valence-corrected chi connectivity index (χ4v) is 5.71. The Hall–Kier alpha value is -3.33. The minimum atomic E-state index is -0.589. The molecule has 1 fully saturated rings. The zero-order chi connectivity index (χ0) is 25.2. The Morgan fingerprint density at radius 3 is 2.61 bits per heavy atom. The summed E-state index contributed by atoms with van der Waals surface area (Å²) in [7, 11) is 0. The Labute approximate surface area is 215 Å². The molecular weight excluding hydrogens is 470 g/mol. The van der Waals surface area contributed by atoms with Crippen molar-refractivity contribution in [1.82, 2.24) is 14.9 Å². The fraction of sp³-hybridized carbons (Fsp3) is 0.321. The van der Waals surface area contributed by atoms with Gasteiger partial charge in [0.05, 0.1) is 22.3 Å². The minimum absolute atomic E-state index is 0.444. The first-order valence-corrected chi connectivity index (χ1v) is 13.1. The Balaban J connectivity index is 1.22. The zero-order valence-electron chi connectivity index (χ0n) is 20.6. The van der Waals surface area contributed by atoms with Gasteiger partial charge in [-0.3, -0.25) is 14.7 Å². The number of benzene rings is 2. The Morgan fingerprint density at radius 1 is 1.06 bits per heavy atom. The molecule has 7 nitrogen and oxygen atoms in total. The molecule has 0 aliphatic carbocycles. The number of aliphatic hydroxyl groups excluding tert-OH is 1. The minimum Gasteiger partial charge on any atom is -0.387 e. The van der Waals surface area contributed by atoms with E-state index in [1.165, 1.54) is 22.4 Å². The molecule has 0 spiro atoms. The average molecular weight is 502 g/mol. The fourth-order valence-electron chi connectivity index (χ4n) is 4.92. The molecule has 1 aliphatic rings. The highest BCUT2D eigenvalue weighted by Gasteiger charge is 2.22. The van der Waals surface area contributed by atoms with Crippen LogP contribution in [0.5, 0.6) is 0 Å². The number of hydrogen-bond donors (Lipinski definition) is 2. The summed E-state index contributed by atoms with van der Waals surface area (Å²) in [5.74, 6) is -0.444. The van der Waals surface area contributed by atoms with Crippen LogP contribution in [-0.4, -0.2) is 58.6 Å². The standard InChI is InChI=1S/C28H31N5O2S/c1-18-9-10-22-23(30-18)7-4-8-25(22)33-13-11-32(12-14-33)17-26(34)21-6-3-5-20(15-21)16-24-27(28(29)35)36-19(2)31-24/h3-10,15,26,34H,11-14,16-17H2,1-2H3,(H2,29,35). The number of carbonyl (C=O) groups excluding carboxylic acids is 1. The lowest BCUT2D eigenvalue weighted by molar-refractivity contribution is 0.100. The SMILES string of the molecule is Cc1ccc2c(N3CCN(CC(O)c4cccc(Cc5nc(C)sc5C(N)=O)c4)CC3)cccc2n1. The second kappa shape index (κ2) is 10.3. The molecule has 2 aromatic carbocycles. The quantitative estimate of drug-likeness (QED) is 0.399. The Morgan fingerprint density at radius 2 is 1.83 bits per heavy atom. The third kappa shape index (κ3) is 5.26. The molecule has 1 aliphatic heterocycles. The van der Waals surface area contributed by atoms with Crippen LogP contribution in [0.2, 0.25) is 0 Å². The summed E-state index contributed by atoms with van der Waals surface area (Å²) in [6.07, 6.45) is -0.0737. The van der Waals surface area contributed by atoms with Gasteiger partial charge in [-0.2, -0.15) is 0 Å². The van der Waals surface area contributed by atoms with Crippen molar-refractivity contribution in [2.75, 3.05) is 37.6 Å². The Bertz CT molecular complexity index is 1390. The summed E-state index contributed by atoms with van der Waals surface area (Å²) in [6.45, 7) is 8.04. The van der Waals surface area contributed by atoms with Gasteiger partial charge in [-0.1, -0.05) is 30.3 Å². The number of thiazole rings is 1.